The third-order valence-corrected chi connectivity index (χ3v) is 8.05. The van der Waals surface area contributed by atoms with E-state index in [0.29, 0.717) is 12.5 Å². The van der Waals surface area contributed by atoms with Gasteiger partial charge in [-0.3, -0.25) is 4.79 Å². The van der Waals surface area contributed by atoms with E-state index in [-0.39, 0.29) is 22.8 Å². The number of fused-ring (bicyclic) bond motifs is 3. The quantitative estimate of drug-likeness (QED) is 0.577. The first-order valence-electron chi connectivity index (χ1n) is 11.2. The van der Waals surface area contributed by atoms with Gasteiger partial charge in [0.2, 0.25) is 0 Å². The number of hydrogen-bond acceptors (Lipinski definition) is 1. The van der Waals surface area contributed by atoms with Crippen LogP contribution in [0.5, 0.6) is 0 Å². The van der Waals surface area contributed by atoms with E-state index in [1.54, 1.807) is 0 Å². The maximum Gasteiger partial charge on any atom is 0.268 e. The van der Waals surface area contributed by atoms with Gasteiger partial charge < -0.3 is 9.88 Å². The number of hydrogen-bond donors (Lipinski definition) is 1. The lowest BCUT2D eigenvalue weighted by atomic mass is 9.68. The lowest BCUT2D eigenvalue weighted by Crippen LogP contribution is -2.52. The number of amides is 1. The molecule has 2 bridgehead atoms. The summed E-state index contributed by atoms with van der Waals surface area (Å²) in [5, 5.41) is 4.61. The van der Waals surface area contributed by atoms with Crippen molar-refractivity contribution >= 4 is 16.8 Å². The predicted octanol–water partition coefficient (Wildman–Crippen LogP) is 5.94. The van der Waals surface area contributed by atoms with Gasteiger partial charge in [-0.1, -0.05) is 68.8 Å². The SMILES string of the molecule is Cc1ccc(Cn2c(C(=O)NC3C(C)(C)C4CC[C@@]3(C)C4)cc3ccccc32)cc1. The Morgan fingerprint density at radius 3 is 2.53 bits per heavy atom. The van der Waals surface area contributed by atoms with E-state index in [1.165, 1.54) is 30.4 Å². The van der Waals surface area contributed by atoms with Crippen LogP contribution in [0.4, 0.5) is 0 Å². The number of carbonyl (C=O) groups is 1. The number of benzene rings is 2. The minimum atomic E-state index is 0.0603. The van der Waals surface area contributed by atoms with E-state index >= 15 is 0 Å². The maximum absolute atomic E-state index is 13.6. The Bertz CT molecular complexity index is 1100. The Labute approximate surface area is 179 Å². The van der Waals surface area contributed by atoms with E-state index in [1.807, 2.05) is 6.07 Å². The standard InChI is InChI=1S/C27H32N2O/c1-18-9-11-19(12-10-18)17-29-22-8-6-5-7-20(22)15-23(29)24(30)28-25-26(2,3)21-13-14-27(25,4)16-21/h5-12,15,21,25H,13-14,16-17H2,1-4H3,(H,28,30)/t21?,25?,27-/m0/s1. The van der Waals surface area contributed by atoms with Crippen LogP contribution in [-0.2, 0) is 6.54 Å². The molecule has 0 spiro atoms. The van der Waals surface area contributed by atoms with Crippen molar-refractivity contribution in [3.05, 3.63) is 71.4 Å². The van der Waals surface area contributed by atoms with Crippen LogP contribution in [0, 0.1) is 23.7 Å². The highest BCUT2D eigenvalue weighted by atomic mass is 16.2. The fourth-order valence-corrected chi connectivity index (χ4v) is 6.31. The molecule has 156 valence electrons. The fraction of sp³-hybridized carbons (Fsp3) is 0.444. The summed E-state index contributed by atoms with van der Waals surface area (Å²) in [5.41, 5.74) is 4.71. The van der Waals surface area contributed by atoms with Gasteiger partial charge in [0.25, 0.3) is 5.91 Å². The van der Waals surface area contributed by atoms with Gasteiger partial charge in [-0.05, 0) is 60.6 Å². The zero-order valence-corrected chi connectivity index (χ0v) is 18.5. The Morgan fingerprint density at radius 2 is 1.83 bits per heavy atom. The van der Waals surface area contributed by atoms with Gasteiger partial charge in [-0.15, -0.1) is 0 Å². The molecule has 2 saturated carbocycles. The molecule has 3 aromatic rings. The van der Waals surface area contributed by atoms with Crippen molar-refractivity contribution in [2.45, 2.75) is 59.5 Å². The van der Waals surface area contributed by atoms with Crippen molar-refractivity contribution in [3.63, 3.8) is 0 Å². The number of aromatic nitrogens is 1. The molecule has 2 fully saturated rings. The topological polar surface area (TPSA) is 34.0 Å². The molecule has 1 aromatic heterocycles. The number of aryl methyl sites for hydroxylation is 1. The van der Waals surface area contributed by atoms with Crippen LogP contribution in [-0.4, -0.2) is 16.5 Å². The number of nitrogens with zero attached hydrogens (tertiary/aromatic N) is 1. The first-order chi connectivity index (χ1) is 14.3. The minimum absolute atomic E-state index is 0.0603. The molecular formula is C27H32N2O. The van der Waals surface area contributed by atoms with Crippen LogP contribution in [0.25, 0.3) is 10.9 Å². The summed E-state index contributed by atoms with van der Waals surface area (Å²) in [7, 11) is 0. The van der Waals surface area contributed by atoms with Gasteiger partial charge >= 0.3 is 0 Å². The van der Waals surface area contributed by atoms with E-state index < -0.39 is 0 Å². The van der Waals surface area contributed by atoms with Crippen LogP contribution in [0.3, 0.4) is 0 Å². The van der Waals surface area contributed by atoms with Gasteiger partial charge in [0.05, 0.1) is 0 Å². The van der Waals surface area contributed by atoms with Gasteiger partial charge in [0, 0.05) is 23.5 Å². The van der Waals surface area contributed by atoms with Crippen molar-refractivity contribution in [3.8, 4) is 0 Å². The Kier molecular flexibility index (Phi) is 4.36. The van der Waals surface area contributed by atoms with Crippen molar-refractivity contribution in [1.82, 2.24) is 9.88 Å². The fourth-order valence-electron chi connectivity index (χ4n) is 6.31. The normalized spacial score (nSPS) is 26.9. The first-order valence-corrected chi connectivity index (χ1v) is 11.2. The Hall–Kier alpha value is -2.55. The van der Waals surface area contributed by atoms with Crippen LogP contribution < -0.4 is 5.32 Å². The number of carbonyl (C=O) groups excluding carboxylic acids is 1. The highest BCUT2D eigenvalue weighted by molar-refractivity contribution is 5.99. The monoisotopic (exact) mass is 400 g/mol. The number of rotatable bonds is 4. The molecule has 30 heavy (non-hydrogen) atoms. The highest BCUT2D eigenvalue weighted by Gasteiger charge is 2.59. The molecule has 1 N–H and O–H groups in total. The molecule has 1 heterocycles. The van der Waals surface area contributed by atoms with E-state index in [9.17, 15) is 4.79 Å². The minimum Gasteiger partial charge on any atom is -0.347 e. The molecule has 2 aliphatic rings. The molecule has 3 heteroatoms. The average Bonchev–Trinajstić information content (AvgIpc) is 3.34. The molecule has 3 atom stereocenters. The largest absolute Gasteiger partial charge is 0.347 e. The second-order valence-corrected chi connectivity index (χ2v) is 10.5. The van der Waals surface area contributed by atoms with E-state index in [0.717, 1.165) is 16.6 Å². The van der Waals surface area contributed by atoms with E-state index in [2.05, 4.69) is 86.1 Å². The van der Waals surface area contributed by atoms with Crippen molar-refractivity contribution in [2.75, 3.05) is 0 Å². The molecule has 3 nitrogen and oxygen atoms in total. The summed E-state index contributed by atoms with van der Waals surface area (Å²) >= 11 is 0. The van der Waals surface area contributed by atoms with Crippen LogP contribution >= 0.6 is 0 Å². The second kappa shape index (κ2) is 6.73. The zero-order valence-electron chi connectivity index (χ0n) is 18.5. The maximum atomic E-state index is 13.6. The van der Waals surface area contributed by atoms with Crippen LogP contribution in [0.15, 0.2) is 54.6 Å². The van der Waals surface area contributed by atoms with Gasteiger partial charge in [0.1, 0.15) is 5.69 Å². The third-order valence-electron chi connectivity index (χ3n) is 8.05. The molecule has 2 unspecified atom stereocenters. The molecule has 5 rings (SSSR count). The molecule has 0 aliphatic heterocycles. The number of para-hydroxylation sites is 1. The third kappa shape index (κ3) is 2.98. The molecule has 0 radical (unpaired) electrons. The van der Waals surface area contributed by atoms with Crippen molar-refractivity contribution < 1.29 is 4.79 Å². The lowest BCUT2D eigenvalue weighted by molar-refractivity contribution is 0.0730. The predicted molar refractivity (Wildman–Crippen MR) is 123 cm³/mol. The summed E-state index contributed by atoms with van der Waals surface area (Å²) in [4.78, 5) is 13.6. The first kappa shape index (κ1) is 19.4. The summed E-state index contributed by atoms with van der Waals surface area (Å²) in [6.45, 7) is 9.86. The lowest BCUT2D eigenvalue weighted by Gasteiger charge is -2.43. The Balaban J connectivity index is 1.51. The average molecular weight is 401 g/mol. The molecule has 2 aromatic carbocycles. The molecule has 0 saturated heterocycles. The van der Waals surface area contributed by atoms with Gasteiger partial charge in [-0.25, -0.2) is 0 Å². The van der Waals surface area contributed by atoms with Gasteiger partial charge in [0.15, 0.2) is 0 Å². The van der Waals surface area contributed by atoms with Gasteiger partial charge in [-0.2, -0.15) is 0 Å². The number of nitrogens with one attached hydrogen (secondary N) is 1. The summed E-state index contributed by atoms with van der Waals surface area (Å²) in [5.74, 6) is 0.774. The molecule has 1 amide bonds. The van der Waals surface area contributed by atoms with E-state index in [4.69, 9.17) is 0 Å². The van der Waals surface area contributed by atoms with Crippen LogP contribution in [0.2, 0.25) is 0 Å². The Morgan fingerprint density at radius 1 is 1.10 bits per heavy atom. The second-order valence-electron chi connectivity index (χ2n) is 10.5. The van der Waals surface area contributed by atoms with Crippen LogP contribution in [0.1, 0.15) is 61.6 Å². The summed E-state index contributed by atoms with van der Waals surface area (Å²) in [6, 6.07) is 19.2. The smallest absolute Gasteiger partial charge is 0.268 e. The summed E-state index contributed by atoms with van der Waals surface area (Å²) in [6.07, 6.45) is 3.75. The zero-order chi connectivity index (χ0) is 21.1. The van der Waals surface area contributed by atoms with Crippen molar-refractivity contribution in [2.24, 2.45) is 16.7 Å². The molecular weight excluding hydrogens is 368 g/mol. The van der Waals surface area contributed by atoms with Crippen molar-refractivity contribution in [1.29, 1.82) is 0 Å². The molecule has 2 aliphatic carbocycles. The highest BCUT2D eigenvalue weighted by Crippen LogP contribution is 2.62. The summed E-state index contributed by atoms with van der Waals surface area (Å²) < 4.78 is 2.18.